The molecule has 5 nitrogen and oxygen atoms in total. The van der Waals surface area contributed by atoms with E-state index in [1.807, 2.05) is 13.0 Å². The van der Waals surface area contributed by atoms with Crippen molar-refractivity contribution < 1.29 is 9.66 Å². The minimum atomic E-state index is -0.387. The zero-order valence-corrected chi connectivity index (χ0v) is 11.4. The largest absolute Gasteiger partial charge is 0.494 e. The average Bonchev–Trinajstić information content (AvgIpc) is 2.26. The van der Waals surface area contributed by atoms with Crippen molar-refractivity contribution in [3.05, 3.63) is 28.3 Å². The predicted octanol–water partition coefficient (Wildman–Crippen LogP) is 3.59. The van der Waals surface area contributed by atoms with E-state index in [9.17, 15) is 10.1 Å². The van der Waals surface area contributed by atoms with Crippen molar-refractivity contribution in [2.24, 2.45) is 5.92 Å². The third-order valence-corrected chi connectivity index (χ3v) is 3.66. The fourth-order valence-corrected chi connectivity index (χ4v) is 2.34. The van der Waals surface area contributed by atoms with Gasteiger partial charge in [-0.3, -0.25) is 10.1 Å². The van der Waals surface area contributed by atoms with Crippen molar-refractivity contribution in [1.29, 1.82) is 0 Å². The van der Waals surface area contributed by atoms with E-state index in [0.29, 0.717) is 24.3 Å². The Labute approximate surface area is 113 Å². The van der Waals surface area contributed by atoms with Crippen molar-refractivity contribution in [2.45, 2.75) is 39.2 Å². The van der Waals surface area contributed by atoms with E-state index in [-0.39, 0.29) is 10.6 Å². The van der Waals surface area contributed by atoms with Gasteiger partial charge in [0, 0.05) is 23.9 Å². The molecule has 0 radical (unpaired) electrons. The van der Waals surface area contributed by atoms with Crippen molar-refractivity contribution in [1.82, 2.24) is 0 Å². The monoisotopic (exact) mass is 264 g/mol. The summed E-state index contributed by atoms with van der Waals surface area (Å²) in [7, 11) is 0. The van der Waals surface area contributed by atoms with Crippen LogP contribution in [0.25, 0.3) is 0 Å². The van der Waals surface area contributed by atoms with Crippen LogP contribution >= 0.6 is 0 Å². The molecule has 1 aromatic carbocycles. The predicted molar refractivity (Wildman–Crippen MR) is 74.7 cm³/mol. The van der Waals surface area contributed by atoms with Crippen LogP contribution < -0.4 is 10.1 Å². The van der Waals surface area contributed by atoms with Gasteiger partial charge in [0.1, 0.15) is 5.75 Å². The number of non-ortho nitro benzene ring substituents is 1. The number of nitro benzene ring substituents is 1. The van der Waals surface area contributed by atoms with Gasteiger partial charge in [-0.15, -0.1) is 0 Å². The summed E-state index contributed by atoms with van der Waals surface area (Å²) in [6.07, 6.45) is 3.76. The molecule has 19 heavy (non-hydrogen) atoms. The van der Waals surface area contributed by atoms with E-state index in [1.54, 1.807) is 6.07 Å². The second kappa shape index (κ2) is 5.91. The number of rotatable bonds is 6. The standard InChI is InChI=1S/C14H20N2O3/c1-3-19-14-8-12(7-13(9-14)16(17)18)15-10(2)11-5-4-6-11/h7-11,15H,3-6H2,1-2H3. The first-order valence-electron chi connectivity index (χ1n) is 6.79. The van der Waals surface area contributed by atoms with Crippen molar-refractivity contribution in [3.63, 3.8) is 0 Å². The molecule has 1 saturated carbocycles. The lowest BCUT2D eigenvalue weighted by Crippen LogP contribution is -2.30. The highest BCUT2D eigenvalue weighted by Crippen LogP contribution is 2.32. The van der Waals surface area contributed by atoms with Crippen LogP contribution in [0.3, 0.4) is 0 Å². The maximum absolute atomic E-state index is 10.9. The van der Waals surface area contributed by atoms with E-state index in [4.69, 9.17) is 4.74 Å². The lowest BCUT2D eigenvalue weighted by Gasteiger charge is -2.32. The summed E-state index contributed by atoms with van der Waals surface area (Å²) in [5, 5.41) is 14.3. The Morgan fingerprint density at radius 1 is 1.47 bits per heavy atom. The molecular formula is C14H20N2O3. The number of hydrogen-bond acceptors (Lipinski definition) is 4. The summed E-state index contributed by atoms with van der Waals surface area (Å²) in [5.41, 5.74) is 0.825. The number of benzene rings is 1. The van der Waals surface area contributed by atoms with Crippen LogP contribution in [0, 0.1) is 16.0 Å². The quantitative estimate of drug-likeness (QED) is 0.630. The molecule has 0 heterocycles. The minimum absolute atomic E-state index is 0.0641. The zero-order valence-electron chi connectivity index (χ0n) is 11.4. The highest BCUT2D eigenvalue weighted by atomic mass is 16.6. The number of nitro groups is 1. The molecule has 0 saturated heterocycles. The Morgan fingerprint density at radius 3 is 2.74 bits per heavy atom. The van der Waals surface area contributed by atoms with Crippen LogP contribution in [0.2, 0.25) is 0 Å². The number of nitrogens with one attached hydrogen (secondary N) is 1. The molecule has 1 aromatic rings. The number of ether oxygens (including phenoxy) is 1. The van der Waals surface area contributed by atoms with Crippen LogP contribution in [0.4, 0.5) is 11.4 Å². The van der Waals surface area contributed by atoms with Crippen LogP contribution in [0.1, 0.15) is 33.1 Å². The minimum Gasteiger partial charge on any atom is -0.494 e. The van der Waals surface area contributed by atoms with E-state index < -0.39 is 0 Å². The molecule has 0 bridgehead atoms. The van der Waals surface area contributed by atoms with E-state index >= 15 is 0 Å². The molecule has 0 aliphatic heterocycles. The lowest BCUT2D eigenvalue weighted by atomic mass is 9.80. The average molecular weight is 264 g/mol. The first-order chi connectivity index (χ1) is 9.10. The molecule has 0 amide bonds. The molecule has 1 fully saturated rings. The van der Waals surface area contributed by atoms with Gasteiger partial charge in [0.05, 0.1) is 17.6 Å². The molecule has 0 aromatic heterocycles. The molecule has 1 atom stereocenters. The topological polar surface area (TPSA) is 64.4 Å². The molecule has 104 valence electrons. The smallest absolute Gasteiger partial charge is 0.275 e. The van der Waals surface area contributed by atoms with Crippen LogP contribution in [0.15, 0.2) is 18.2 Å². The van der Waals surface area contributed by atoms with Crippen molar-refractivity contribution in [2.75, 3.05) is 11.9 Å². The summed E-state index contributed by atoms with van der Waals surface area (Å²) < 4.78 is 5.38. The lowest BCUT2D eigenvalue weighted by molar-refractivity contribution is -0.384. The maximum atomic E-state index is 10.9. The molecule has 2 rings (SSSR count). The second-order valence-corrected chi connectivity index (χ2v) is 5.03. The molecule has 0 spiro atoms. The van der Waals surface area contributed by atoms with Crippen LogP contribution in [-0.4, -0.2) is 17.6 Å². The normalized spacial score (nSPS) is 16.5. The maximum Gasteiger partial charge on any atom is 0.275 e. The second-order valence-electron chi connectivity index (χ2n) is 5.03. The highest BCUT2D eigenvalue weighted by Gasteiger charge is 2.24. The molecular weight excluding hydrogens is 244 g/mol. The van der Waals surface area contributed by atoms with Gasteiger partial charge in [-0.25, -0.2) is 0 Å². The van der Waals surface area contributed by atoms with Gasteiger partial charge in [-0.05, 0) is 32.6 Å². The van der Waals surface area contributed by atoms with Gasteiger partial charge in [0.2, 0.25) is 0 Å². The van der Waals surface area contributed by atoms with E-state index in [1.165, 1.54) is 25.3 Å². The van der Waals surface area contributed by atoms with Crippen molar-refractivity contribution >= 4 is 11.4 Å². The summed E-state index contributed by atoms with van der Waals surface area (Å²) in [6.45, 7) is 4.49. The highest BCUT2D eigenvalue weighted by molar-refractivity contribution is 5.56. The summed E-state index contributed by atoms with van der Waals surface area (Å²) in [6, 6.07) is 5.19. The number of anilines is 1. The van der Waals surface area contributed by atoms with Gasteiger partial charge in [0.25, 0.3) is 5.69 Å². The van der Waals surface area contributed by atoms with Crippen molar-refractivity contribution in [3.8, 4) is 5.75 Å². The molecule has 1 aliphatic carbocycles. The fourth-order valence-electron chi connectivity index (χ4n) is 2.34. The Balaban J connectivity index is 2.15. The molecule has 1 N–H and O–H groups in total. The van der Waals surface area contributed by atoms with Gasteiger partial charge in [-0.2, -0.15) is 0 Å². The summed E-state index contributed by atoms with van der Waals surface area (Å²) >= 11 is 0. The zero-order chi connectivity index (χ0) is 13.8. The van der Waals surface area contributed by atoms with Gasteiger partial charge in [-0.1, -0.05) is 6.42 Å². The first kappa shape index (κ1) is 13.6. The van der Waals surface area contributed by atoms with Gasteiger partial charge >= 0.3 is 0 Å². The third kappa shape index (κ3) is 3.36. The van der Waals surface area contributed by atoms with E-state index in [0.717, 1.165) is 5.69 Å². The Kier molecular flexibility index (Phi) is 4.24. The van der Waals surface area contributed by atoms with Gasteiger partial charge < -0.3 is 10.1 Å². The fraction of sp³-hybridized carbons (Fsp3) is 0.571. The Bertz CT molecular complexity index is 458. The molecule has 1 unspecified atom stereocenters. The third-order valence-electron chi connectivity index (χ3n) is 3.66. The summed E-state index contributed by atoms with van der Waals surface area (Å²) in [4.78, 5) is 10.5. The van der Waals surface area contributed by atoms with Crippen LogP contribution in [0.5, 0.6) is 5.75 Å². The number of nitrogens with zero attached hydrogens (tertiary/aromatic N) is 1. The van der Waals surface area contributed by atoms with Crippen LogP contribution in [-0.2, 0) is 0 Å². The SMILES string of the molecule is CCOc1cc(NC(C)C2CCC2)cc([N+](=O)[O-])c1. The van der Waals surface area contributed by atoms with Gasteiger partial charge in [0.15, 0.2) is 0 Å². The molecule has 1 aliphatic rings. The summed E-state index contributed by atoms with van der Waals surface area (Å²) in [5.74, 6) is 1.22. The Hall–Kier alpha value is -1.78. The number of hydrogen-bond donors (Lipinski definition) is 1. The first-order valence-corrected chi connectivity index (χ1v) is 6.79. The van der Waals surface area contributed by atoms with E-state index in [2.05, 4.69) is 12.2 Å². The Morgan fingerprint density at radius 2 is 2.21 bits per heavy atom. The molecule has 5 heteroatoms.